The highest BCUT2D eigenvalue weighted by Crippen LogP contribution is 2.28. The van der Waals surface area contributed by atoms with Crippen LogP contribution in [-0.4, -0.2) is 33.9 Å². The van der Waals surface area contributed by atoms with Crippen LogP contribution in [0.5, 0.6) is 0 Å². The Morgan fingerprint density at radius 3 is 2.79 bits per heavy atom. The molecule has 2 unspecified atom stereocenters. The number of aliphatic hydroxyl groups is 2. The molecule has 2 atom stereocenters. The number of nitrogens with one attached hydrogen (secondary N) is 1. The quantitative estimate of drug-likeness (QED) is 0.542. The normalized spacial score (nSPS) is 13.2. The maximum atomic E-state index is 10.7. The molecule has 1 aromatic rings. The molecule has 1 rings (SSSR count). The number of para-hydroxylation sites is 1. The van der Waals surface area contributed by atoms with E-state index in [9.17, 15) is 15.0 Å². The lowest BCUT2D eigenvalue weighted by Gasteiger charge is -2.19. The van der Waals surface area contributed by atoms with Gasteiger partial charge in [0.1, 0.15) is 6.10 Å². The number of hydrogen-bond donors (Lipinski definition) is 3. The van der Waals surface area contributed by atoms with Crippen LogP contribution >= 0.6 is 12.2 Å². The molecule has 0 aliphatic heterocycles. The highest BCUT2D eigenvalue weighted by Gasteiger charge is 2.20. The van der Waals surface area contributed by atoms with E-state index in [1.807, 2.05) is 0 Å². The summed E-state index contributed by atoms with van der Waals surface area (Å²) in [5, 5.41) is 24.8. The van der Waals surface area contributed by atoms with Gasteiger partial charge in [-0.3, -0.25) is 4.79 Å². The number of thiocarbonyl (C=S) groups is 1. The first-order valence-corrected chi connectivity index (χ1v) is 6.24. The molecule has 0 bridgehead atoms. The number of nitrogens with zero attached hydrogens (tertiary/aromatic N) is 1. The van der Waals surface area contributed by atoms with Crippen LogP contribution in [0.15, 0.2) is 29.3 Å². The zero-order valence-electron chi connectivity index (χ0n) is 10.5. The third-order valence-corrected chi connectivity index (χ3v) is 2.69. The van der Waals surface area contributed by atoms with Gasteiger partial charge in [-0.15, -0.1) is 0 Å². The van der Waals surface area contributed by atoms with E-state index in [1.54, 1.807) is 24.3 Å². The number of aliphatic imine (C=N–C) groups is 1. The number of carbonyl (C=O) groups excluding carboxylic acids is 1. The summed E-state index contributed by atoms with van der Waals surface area (Å²) in [6, 6.07) is 6.84. The van der Waals surface area contributed by atoms with Gasteiger partial charge < -0.3 is 15.5 Å². The zero-order chi connectivity index (χ0) is 14.3. The van der Waals surface area contributed by atoms with Crippen molar-refractivity contribution in [3.63, 3.8) is 0 Å². The van der Waals surface area contributed by atoms with Gasteiger partial charge in [0.25, 0.3) is 0 Å². The molecule has 0 aromatic heterocycles. The smallest absolute Gasteiger partial charge is 0.216 e. The van der Waals surface area contributed by atoms with Gasteiger partial charge in [0.15, 0.2) is 0 Å². The first kappa shape index (κ1) is 15.5. The molecule has 6 heteroatoms. The maximum Gasteiger partial charge on any atom is 0.216 e. The van der Waals surface area contributed by atoms with Gasteiger partial charge in [-0.2, -0.15) is 4.99 Å². The minimum Gasteiger partial charge on any atom is -0.390 e. The second-order valence-electron chi connectivity index (χ2n) is 4.05. The summed E-state index contributed by atoms with van der Waals surface area (Å²) in [5.41, 5.74) is 0.957. The molecule has 19 heavy (non-hydrogen) atoms. The van der Waals surface area contributed by atoms with E-state index >= 15 is 0 Å². The summed E-state index contributed by atoms with van der Waals surface area (Å²) >= 11 is 4.54. The van der Waals surface area contributed by atoms with Crippen molar-refractivity contribution in [2.75, 3.05) is 6.54 Å². The molecular formula is C13H16N2O3S. The molecule has 3 N–H and O–H groups in total. The van der Waals surface area contributed by atoms with Crippen molar-refractivity contribution >= 4 is 29.0 Å². The lowest BCUT2D eigenvalue weighted by atomic mass is 10.0. The van der Waals surface area contributed by atoms with Crippen LogP contribution in [0, 0.1) is 0 Å². The van der Waals surface area contributed by atoms with E-state index in [4.69, 9.17) is 0 Å². The van der Waals surface area contributed by atoms with Crippen LogP contribution < -0.4 is 5.32 Å². The van der Waals surface area contributed by atoms with E-state index in [2.05, 4.69) is 27.7 Å². The third kappa shape index (κ3) is 4.89. The van der Waals surface area contributed by atoms with Gasteiger partial charge >= 0.3 is 0 Å². The summed E-state index contributed by atoms with van der Waals surface area (Å²) in [4.78, 5) is 14.6. The molecule has 0 fully saturated rings. The molecule has 0 heterocycles. The monoisotopic (exact) mass is 280 g/mol. The number of rotatable bonds is 6. The number of isothiocyanates is 1. The Morgan fingerprint density at radius 1 is 1.47 bits per heavy atom. The fourth-order valence-electron chi connectivity index (χ4n) is 1.65. The van der Waals surface area contributed by atoms with Crippen molar-refractivity contribution in [2.45, 2.75) is 25.6 Å². The van der Waals surface area contributed by atoms with Gasteiger partial charge in [0.05, 0.1) is 17.0 Å². The molecule has 0 aliphatic carbocycles. The van der Waals surface area contributed by atoms with Crippen LogP contribution in [0.25, 0.3) is 0 Å². The lowest BCUT2D eigenvalue weighted by molar-refractivity contribution is -0.119. The number of amides is 1. The summed E-state index contributed by atoms with van der Waals surface area (Å²) in [5.74, 6) is -0.174. The van der Waals surface area contributed by atoms with Gasteiger partial charge in [0.2, 0.25) is 5.91 Å². The van der Waals surface area contributed by atoms with Gasteiger partial charge in [0, 0.05) is 19.0 Å². The van der Waals surface area contributed by atoms with Crippen molar-refractivity contribution in [3.05, 3.63) is 29.8 Å². The second-order valence-corrected chi connectivity index (χ2v) is 4.23. The van der Waals surface area contributed by atoms with E-state index in [1.165, 1.54) is 6.92 Å². The Morgan fingerprint density at radius 2 is 2.16 bits per heavy atom. The Hall–Kier alpha value is -1.59. The zero-order valence-corrected chi connectivity index (χ0v) is 11.4. The standard InChI is InChI=1S/C13H16N2O3S/c1-9(16)14-7-6-12(17)13(18)10-4-2-3-5-11(10)15-8-19/h2-5,12-13,17-18H,6-7H2,1H3,(H,14,16). The summed E-state index contributed by atoms with van der Waals surface area (Å²) in [6.45, 7) is 1.69. The lowest BCUT2D eigenvalue weighted by Crippen LogP contribution is -2.27. The van der Waals surface area contributed by atoms with E-state index in [0.29, 0.717) is 17.8 Å². The predicted octanol–water partition coefficient (Wildman–Crippen LogP) is 1.34. The largest absolute Gasteiger partial charge is 0.390 e. The van der Waals surface area contributed by atoms with Crippen molar-refractivity contribution in [1.82, 2.24) is 5.32 Å². The van der Waals surface area contributed by atoms with Crippen LogP contribution in [-0.2, 0) is 4.79 Å². The van der Waals surface area contributed by atoms with Crippen LogP contribution in [0.1, 0.15) is 25.0 Å². The summed E-state index contributed by atoms with van der Waals surface area (Å²) in [7, 11) is 0. The molecule has 1 aromatic carbocycles. The molecule has 0 aliphatic rings. The Bertz CT molecular complexity index is 487. The molecular weight excluding hydrogens is 264 g/mol. The summed E-state index contributed by atoms with van der Waals surface area (Å²) < 4.78 is 0. The fraction of sp³-hybridized carbons (Fsp3) is 0.385. The Labute approximate surface area is 117 Å². The minimum absolute atomic E-state index is 0.174. The first-order valence-electron chi connectivity index (χ1n) is 5.83. The highest BCUT2D eigenvalue weighted by atomic mass is 32.1. The molecule has 0 saturated heterocycles. The molecule has 0 spiro atoms. The number of carbonyl (C=O) groups is 1. The van der Waals surface area contributed by atoms with Crippen molar-refractivity contribution in [2.24, 2.45) is 4.99 Å². The number of benzene rings is 1. The topological polar surface area (TPSA) is 81.9 Å². The third-order valence-electron chi connectivity index (χ3n) is 2.60. The summed E-state index contributed by atoms with van der Waals surface area (Å²) in [6.07, 6.45) is -1.83. The number of aliphatic hydroxyl groups excluding tert-OH is 2. The minimum atomic E-state index is -1.09. The molecule has 5 nitrogen and oxygen atoms in total. The molecule has 0 saturated carbocycles. The number of hydrogen-bond acceptors (Lipinski definition) is 5. The first-order chi connectivity index (χ1) is 9.06. The Kier molecular flexibility index (Phi) is 6.32. The van der Waals surface area contributed by atoms with E-state index < -0.39 is 12.2 Å². The van der Waals surface area contributed by atoms with Crippen molar-refractivity contribution < 1.29 is 15.0 Å². The van der Waals surface area contributed by atoms with E-state index in [-0.39, 0.29) is 12.3 Å². The van der Waals surface area contributed by atoms with Crippen molar-refractivity contribution in [1.29, 1.82) is 0 Å². The van der Waals surface area contributed by atoms with Crippen LogP contribution in [0.4, 0.5) is 5.69 Å². The Balaban J connectivity index is 2.73. The van der Waals surface area contributed by atoms with Gasteiger partial charge in [-0.05, 0) is 24.7 Å². The second kappa shape index (κ2) is 7.76. The predicted molar refractivity (Wildman–Crippen MR) is 75.4 cm³/mol. The highest BCUT2D eigenvalue weighted by molar-refractivity contribution is 7.78. The van der Waals surface area contributed by atoms with Crippen LogP contribution in [0.2, 0.25) is 0 Å². The molecule has 102 valence electrons. The van der Waals surface area contributed by atoms with Gasteiger partial charge in [-0.25, -0.2) is 0 Å². The SMILES string of the molecule is CC(=O)NCCC(O)C(O)c1ccccc1N=C=S. The molecule has 0 radical (unpaired) electrons. The fourth-order valence-corrected chi connectivity index (χ4v) is 1.75. The van der Waals surface area contributed by atoms with Crippen molar-refractivity contribution in [3.8, 4) is 0 Å². The van der Waals surface area contributed by atoms with Gasteiger partial charge in [-0.1, -0.05) is 18.2 Å². The maximum absolute atomic E-state index is 10.7. The molecule has 1 amide bonds. The van der Waals surface area contributed by atoms with E-state index in [0.717, 1.165) is 0 Å². The average molecular weight is 280 g/mol. The van der Waals surface area contributed by atoms with Crippen LogP contribution in [0.3, 0.4) is 0 Å². The average Bonchev–Trinajstić information content (AvgIpc) is 2.38.